The lowest BCUT2D eigenvalue weighted by Crippen LogP contribution is -2.50. The summed E-state index contributed by atoms with van der Waals surface area (Å²) in [6.07, 6.45) is 5.00. The molecule has 2 saturated heterocycles. The van der Waals surface area contributed by atoms with Gasteiger partial charge in [0.1, 0.15) is 0 Å². The number of hydrogen-bond acceptors (Lipinski definition) is 5. The number of anilines is 1. The van der Waals surface area contributed by atoms with Crippen LogP contribution in [0.15, 0.2) is 12.3 Å². The first-order valence-corrected chi connectivity index (χ1v) is 8.06. The summed E-state index contributed by atoms with van der Waals surface area (Å²) in [4.78, 5) is 14.0. The van der Waals surface area contributed by atoms with Crippen molar-refractivity contribution >= 4 is 5.95 Å². The minimum absolute atomic E-state index is 0.332. The molecule has 21 heavy (non-hydrogen) atoms. The Morgan fingerprint density at radius 2 is 2.05 bits per heavy atom. The van der Waals surface area contributed by atoms with E-state index in [2.05, 4.69) is 33.6 Å². The van der Waals surface area contributed by atoms with E-state index in [-0.39, 0.29) is 0 Å². The van der Waals surface area contributed by atoms with E-state index in [4.69, 9.17) is 4.74 Å². The fourth-order valence-corrected chi connectivity index (χ4v) is 3.59. The van der Waals surface area contributed by atoms with Crippen molar-refractivity contribution in [1.82, 2.24) is 14.9 Å². The quantitative estimate of drug-likeness (QED) is 0.850. The standard InChI is InChI=1S/C16H26N4O/c1-12-6-7-17-16(18-12)20-8-4-5-15(20)11-19-9-13(2)21-14(3)10-19/h6-7,13-15H,4-5,8-11H2,1-3H3/t13-,14-,15+/m0/s1. The Morgan fingerprint density at radius 3 is 2.76 bits per heavy atom. The first kappa shape index (κ1) is 14.7. The number of rotatable bonds is 3. The van der Waals surface area contributed by atoms with Crippen LogP contribution in [0.2, 0.25) is 0 Å². The Balaban J connectivity index is 1.67. The molecule has 0 spiro atoms. The molecular formula is C16H26N4O. The average Bonchev–Trinajstić information content (AvgIpc) is 2.85. The maximum Gasteiger partial charge on any atom is 0.225 e. The van der Waals surface area contributed by atoms with Gasteiger partial charge in [0.15, 0.2) is 0 Å². The average molecular weight is 290 g/mol. The van der Waals surface area contributed by atoms with Gasteiger partial charge in [-0.05, 0) is 39.7 Å². The van der Waals surface area contributed by atoms with E-state index in [9.17, 15) is 0 Å². The summed E-state index contributed by atoms with van der Waals surface area (Å²) in [5.41, 5.74) is 1.04. The van der Waals surface area contributed by atoms with Gasteiger partial charge in [0.2, 0.25) is 5.95 Å². The van der Waals surface area contributed by atoms with Crippen LogP contribution in [-0.4, -0.2) is 59.3 Å². The van der Waals surface area contributed by atoms with Crippen LogP contribution in [-0.2, 0) is 4.74 Å². The smallest absolute Gasteiger partial charge is 0.225 e. The topological polar surface area (TPSA) is 41.5 Å². The van der Waals surface area contributed by atoms with E-state index < -0.39 is 0 Å². The molecule has 116 valence electrons. The van der Waals surface area contributed by atoms with Gasteiger partial charge < -0.3 is 9.64 Å². The van der Waals surface area contributed by atoms with E-state index in [1.807, 2.05) is 19.2 Å². The zero-order valence-electron chi connectivity index (χ0n) is 13.3. The Morgan fingerprint density at radius 1 is 1.29 bits per heavy atom. The molecule has 0 aliphatic carbocycles. The molecule has 1 aromatic rings. The normalized spacial score (nSPS) is 30.8. The summed E-state index contributed by atoms with van der Waals surface area (Å²) < 4.78 is 5.83. The maximum atomic E-state index is 5.83. The highest BCUT2D eigenvalue weighted by atomic mass is 16.5. The van der Waals surface area contributed by atoms with Crippen LogP contribution in [0.3, 0.4) is 0 Å². The SMILES string of the molecule is Cc1ccnc(N2CCC[C@@H]2CN2C[C@H](C)O[C@@H](C)C2)n1. The zero-order chi connectivity index (χ0) is 14.8. The number of ether oxygens (including phenoxy) is 1. The Labute approximate surface area is 127 Å². The maximum absolute atomic E-state index is 5.83. The van der Waals surface area contributed by atoms with Crippen LogP contribution in [0, 0.1) is 6.92 Å². The molecule has 0 amide bonds. The van der Waals surface area contributed by atoms with Crippen molar-refractivity contribution in [2.45, 2.75) is 51.9 Å². The van der Waals surface area contributed by atoms with Gasteiger partial charge in [-0.15, -0.1) is 0 Å². The molecule has 2 fully saturated rings. The molecule has 5 heteroatoms. The predicted molar refractivity (Wildman–Crippen MR) is 83.6 cm³/mol. The second-order valence-corrected chi connectivity index (χ2v) is 6.46. The minimum Gasteiger partial charge on any atom is -0.373 e. The van der Waals surface area contributed by atoms with Crippen LogP contribution in [0.4, 0.5) is 5.95 Å². The number of aryl methyl sites for hydroxylation is 1. The van der Waals surface area contributed by atoms with E-state index in [0.29, 0.717) is 18.2 Å². The van der Waals surface area contributed by atoms with E-state index in [0.717, 1.165) is 37.8 Å². The summed E-state index contributed by atoms with van der Waals surface area (Å²) in [6.45, 7) is 10.6. The molecule has 5 nitrogen and oxygen atoms in total. The summed E-state index contributed by atoms with van der Waals surface area (Å²) in [6, 6.07) is 2.49. The molecular weight excluding hydrogens is 264 g/mol. The van der Waals surface area contributed by atoms with Crippen molar-refractivity contribution in [2.75, 3.05) is 31.1 Å². The first-order valence-electron chi connectivity index (χ1n) is 8.06. The van der Waals surface area contributed by atoms with Crippen molar-refractivity contribution in [3.8, 4) is 0 Å². The fourth-order valence-electron chi connectivity index (χ4n) is 3.59. The summed E-state index contributed by atoms with van der Waals surface area (Å²) in [5, 5.41) is 0. The third-order valence-electron chi connectivity index (χ3n) is 4.38. The third-order valence-corrected chi connectivity index (χ3v) is 4.38. The number of morpholine rings is 1. The summed E-state index contributed by atoms with van der Waals surface area (Å²) in [5.74, 6) is 0.895. The molecule has 0 radical (unpaired) electrons. The van der Waals surface area contributed by atoms with Gasteiger partial charge in [-0.1, -0.05) is 0 Å². The number of nitrogens with zero attached hydrogens (tertiary/aromatic N) is 4. The molecule has 3 heterocycles. The Bertz CT molecular complexity index is 471. The summed E-state index contributed by atoms with van der Waals surface area (Å²) >= 11 is 0. The molecule has 2 aliphatic heterocycles. The first-order chi connectivity index (χ1) is 10.1. The minimum atomic E-state index is 0.332. The molecule has 0 bridgehead atoms. The highest BCUT2D eigenvalue weighted by Gasteiger charge is 2.31. The van der Waals surface area contributed by atoms with Crippen LogP contribution < -0.4 is 4.90 Å². The number of aromatic nitrogens is 2. The zero-order valence-corrected chi connectivity index (χ0v) is 13.3. The second-order valence-electron chi connectivity index (χ2n) is 6.46. The lowest BCUT2D eigenvalue weighted by atomic mass is 10.1. The largest absolute Gasteiger partial charge is 0.373 e. The third kappa shape index (κ3) is 3.52. The predicted octanol–water partition coefficient (Wildman–Crippen LogP) is 1.86. The van der Waals surface area contributed by atoms with Gasteiger partial charge in [-0.3, -0.25) is 4.90 Å². The monoisotopic (exact) mass is 290 g/mol. The van der Waals surface area contributed by atoms with Gasteiger partial charge in [0.05, 0.1) is 12.2 Å². The van der Waals surface area contributed by atoms with Crippen LogP contribution >= 0.6 is 0 Å². The van der Waals surface area contributed by atoms with E-state index in [1.165, 1.54) is 12.8 Å². The van der Waals surface area contributed by atoms with Gasteiger partial charge in [-0.2, -0.15) is 0 Å². The molecule has 3 rings (SSSR count). The van der Waals surface area contributed by atoms with Crippen molar-refractivity contribution in [2.24, 2.45) is 0 Å². The van der Waals surface area contributed by atoms with Crippen LogP contribution in [0.25, 0.3) is 0 Å². The lowest BCUT2D eigenvalue weighted by Gasteiger charge is -2.38. The summed E-state index contributed by atoms with van der Waals surface area (Å²) in [7, 11) is 0. The fraction of sp³-hybridized carbons (Fsp3) is 0.750. The van der Waals surface area contributed by atoms with Crippen molar-refractivity contribution in [3.05, 3.63) is 18.0 Å². The molecule has 1 aromatic heterocycles. The lowest BCUT2D eigenvalue weighted by molar-refractivity contribution is -0.0690. The van der Waals surface area contributed by atoms with Crippen LogP contribution in [0.5, 0.6) is 0 Å². The molecule has 2 aliphatic rings. The van der Waals surface area contributed by atoms with Crippen molar-refractivity contribution < 1.29 is 4.74 Å². The van der Waals surface area contributed by atoms with E-state index >= 15 is 0 Å². The highest BCUT2D eigenvalue weighted by molar-refractivity contribution is 5.34. The Kier molecular flexibility index (Phi) is 4.40. The highest BCUT2D eigenvalue weighted by Crippen LogP contribution is 2.24. The molecule has 0 aromatic carbocycles. The van der Waals surface area contributed by atoms with Gasteiger partial charge in [-0.25, -0.2) is 9.97 Å². The molecule has 0 saturated carbocycles. The van der Waals surface area contributed by atoms with Crippen molar-refractivity contribution in [3.63, 3.8) is 0 Å². The number of hydrogen-bond donors (Lipinski definition) is 0. The molecule has 0 N–H and O–H groups in total. The van der Waals surface area contributed by atoms with E-state index in [1.54, 1.807) is 0 Å². The molecule has 0 unspecified atom stereocenters. The second kappa shape index (κ2) is 6.28. The van der Waals surface area contributed by atoms with Crippen LogP contribution in [0.1, 0.15) is 32.4 Å². The van der Waals surface area contributed by atoms with Crippen molar-refractivity contribution in [1.29, 1.82) is 0 Å². The van der Waals surface area contributed by atoms with Gasteiger partial charge in [0, 0.05) is 44.1 Å². The molecule has 3 atom stereocenters. The Hall–Kier alpha value is -1.20. The van der Waals surface area contributed by atoms with Gasteiger partial charge >= 0.3 is 0 Å². The van der Waals surface area contributed by atoms with Gasteiger partial charge in [0.25, 0.3) is 0 Å².